The molecule has 1 aliphatic heterocycles. The summed E-state index contributed by atoms with van der Waals surface area (Å²) in [6, 6.07) is -0.0985. The second-order valence-electron chi connectivity index (χ2n) is 6.27. The number of carboxylic acid groups (broad SMARTS) is 1. The highest BCUT2D eigenvalue weighted by Crippen LogP contribution is 2.35. The monoisotopic (exact) mass is 292 g/mol. The first-order valence-corrected chi connectivity index (χ1v) is 7.73. The Bertz CT molecular complexity index is 453. The van der Waals surface area contributed by atoms with E-state index >= 15 is 0 Å². The van der Waals surface area contributed by atoms with Gasteiger partial charge in [-0.1, -0.05) is 12.8 Å². The zero-order chi connectivity index (χ0) is 15.5. The van der Waals surface area contributed by atoms with Crippen LogP contribution in [0.3, 0.4) is 0 Å². The van der Waals surface area contributed by atoms with Gasteiger partial charge in [-0.05, 0) is 38.0 Å². The summed E-state index contributed by atoms with van der Waals surface area (Å²) in [6.07, 6.45) is 9.59. The van der Waals surface area contributed by atoms with E-state index < -0.39 is 11.4 Å². The Labute approximate surface area is 126 Å². The number of rotatable bonds is 5. The van der Waals surface area contributed by atoms with Crippen LogP contribution in [0, 0.1) is 23.7 Å². The number of nitrogens with zero attached hydrogens (tertiary/aromatic N) is 2. The Kier molecular flexibility index (Phi) is 4.76. The summed E-state index contributed by atoms with van der Waals surface area (Å²) in [6.45, 7) is 3.80. The number of hydrogen-bond acceptors (Lipinski definition) is 2. The summed E-state index contributed by atoms with van der Waals surface area (Å²) in [5, 5.41) is 9.50. The molecule has 5 heteroatoms. The molecule has 0 spiro atoms. The molecule has 0 aromatic rings. The highest BCUT2D eigenvalue weighted by atomic mass is 16.4. The number of urea groups is 1. The van der Waals surface area contributed by atoms with Gasteiger partial charge in [0.1, 0.15) is 0 Å². The van der Waals surface area contributed by atoms with Crippen molar-refractivity contribution in [1.82, 2.24) is 9.80 Å². The minimum absolute atomic E-state index is 0.0985. The molecular formula is C16H24N2O3. The van der Waals surface area contributed by atoms with Crippen LogP contribution in [0.1, 0.15) is 39.0 Å². The summed E-state index contributed by atoms with van der Waals surface area (Å²) < 4.78 is 0. The fraction of sp³-hybridized carbons (Fsp3) is 0.750. The Hall–Kier alpha value is -1.70. The maximum absolute atomic E-state index is 12.6. The number of carbonyl (C=O) groups is 2. The van der Waals surface area contributed by atoms with Gasteiger partial charge in [0.25, 0.3) is 0 Å². The van der Waals surface area contributed by atoms with Crippen LogP contribution < -0.4 is 0 Å². The van der Waals surface area contributed by atoms with E-state index in [1.165, 1.54) is 0 Å². The van der Waals surface area contributed by atoms with E-state index in [0.717, 1.165) is 19.3 Å². The lowest BCUT2D eigenvalue weighted by Crippen LogP contribution is -2.53. The van der Waals surface area contributed by atoms with Crippen molar-refractivity contribution in [3.63, 3.8) is 0 Å². The highest BCUT2D eigenvalue weighted by molar-refractivity contribution is 5.79. The van der Waals surface area contributed by atoms with Gasteiger partial charge in [0.2, 0.25) is 0 Å². The lowest BCUT2D eigenvalue weighted by atomic mass is 9.78. The van der Waals surface area contributed by atoms with E-state index in [1.54, 1.807) is 9.80 Å². The van der Waals surface area contributed by atoms with Crippen LogP contribution in [-0.4, -0.2) is 53.1 Å². The second-order valence-corrected chi connectivity index (χ2v) is 6.27. The van der Waals surface area contributed by atoms with Crippen LogP contribution >= 0.6 is 0 Å². The zero-order valence-electron chi connectivity index (χ0n) is 12.7. The number of aliphatic carboxylic acids is 1. The minimum atomic E-state index is -0.798. The number of terminal acetylenes is 1. The average molecular weight is 292 g/mol. The van der Waals surface area contributed by atoms with Crippen molar-refractivity contribution in [2.45, 2.75) is 39.0 Å². The van der Waals surface area contributed by atoms with Crippen LogP contribution in [0.4, 0.5) is 4.79 Å². The van der Waals surface area contributed by atoms with Crippen LogP contribution in [0.2, 0.25) is 0 Å². The highest BCUT2D eigenvalue weighted by Gasteiger charge is 2.43. The molecule has 0 aromatic carbocycles. The fourth-order valence-corrected chi connectivity index (χ4v) is 3.04. The fourth-order valence-electron chi connectivity index (χ4n) is 3.04. The molecule has 1 heterocycles. The van der Waals surface area contributed by atoms with Crippen molar-refractivity contribution < 1.29 is 14.7 Å². The summed E-state index contributed by atoms with van der Waals surface area (Å²) >= 11 is 0. The predicted octanol–water partition coefficient (Wildman–Crippen LogP) is 2.03. The van der Waals surface area contributed by atoms with E-state index in [0.29, 0.717) is 44.9 Å². The van der Waals surface area contributed by atoms with Gasteiger partial charge < -0.3 is 14.9 Å². The number of hydrogen-bond donors (Lipinski definition) is 1. The van der Waals surface area contributed by atoms with Gasteiger partial charge in [0.15, 0.2) is 0 Å². The topological polar surface area (TPSA) is 60.9 Å². The van der Waals surface area contributed by atoms with Gasteiger partial charge in [-0.3, -0.25) is 4.79 Å². The Morgan fingerprint density at radius 1 is 1.48 bits per heavy atom. The number of carboxylic acids is 1. The lowest BCUT2D eigenvalue weighted by Gasteiger charge is -2.41. The van der Waals surface area contributed by atoms with Gasteiger partial charge in [-0.25, -0.2) is 4.79 Å². The molecule has 0 radical (unpaired) electrons. The number of carbonyl (C=O) groups excluding carboxylic acids is 1. The Balaban J connectivity index is 2.06. The standard InChI is InChI=1S/C16H24N2O3/c1-3-9-17(11-13-6-7-13)15(21)18-10-5-8-16(4-2,12-18)14(19)20/h1,13H,4-12H2,2H3,(H,19,20). The van der Waals surface area contributed by atoms with Gasteiger partial charge in [-0.15, -0.1) is 6.42 Å². The summed E-state index contributed by atoms with van der Waals surface area (Å²) in [5.74, 6) is 2.31. The normalized spacial score (nSPS) is 25.2. The first-order chi connectivity index (χ1) is 10.0. The van der Waals surface area contributed by atoms with E-state index in [2.05, 4.69) is 5.92 Å². The molecular weight excluding hydrogens is 268 g/mol. The molecule has 1 N–H and O–H groups in total. The van der Waals surface area contributed by atoms with Crippen LogP contribution in [0.25, 0.3) is 0 Å². The summed E-state index contributed by atoms with van der Waals surface area (Å²) in [5.41, 5.74) is -0.796. The predicted molar refractivity (Wildman–Crippen MR) is 79.7 cm³/mol. The maximum Gasteiger partial charge on any atom is 0.320 e. The third kappa shape index (κ3) is 3.49. The smallest absolute Gasteiger partial charge is 0.320 e. The molecule has 1 unspecified atom stereocenters. The molecule has 116 valence electrons. The van der Waals surface area contributed by atoms with Crippen molar-refractivity contribution >= 4 is 12.0 Å². The average Bonchev–Trinajstić information content (AvgIpc) is 3.30. The zero-order valence-corrected chi connectivity index (χ0v) is 12.7. The second kappa shape index (κ2) is 6.38. The van der Waals surface area contributed by atoms with Crippen molar-refractivity contribution in [1.29, 1.82) is 0 Å². The molecule has 0 aromatic heterocycles. The van der Waals surface area contributed by atoms with Gasteiger partial charge in [0, 0.05) is 19.6 Å². The maximum atomic E-state index is 12.6. The van der Waals surface area contributed by atoms with Crippen LogP contribution in [0.15, 0.2) is 0 Å². The van der Waals surface area contributed by atoms with E-state index in [4.69, 9.17) is 6.42 Å². The van der Waals surface area contributed by atoms with Crippen molar-refractivity contribution in [2.75, 3.05) is 26.2 Å². The van der Waals surface area contributed by atoms with E-state index in [9.17, 15) is 14.7 Å². The van der Waals surface area contributed by atoms with Crippen LogP contribution in [-0.2, 0) is 4.79 Å². The van der Waals surface area contributed by atoms with Crippen molar-refractivity contribution in [3.8, 4) is 12.3 Å². The molecule has 1 saturated carbocycles. The molecule has 5 nitrogen and oxygen atoms in total. The third-order valence-electron chi connectivity index (χ3n) is 4.71. The summed E-state index contributed by atoms with van der Waals surface area (Å²) in [7, 11) is 0. The lowest BCUT2D eigenvalue weighted by molar-refractivity contribution is -0.152. The largest absolute Gasteiger partial charge is 0.481 e. The molecule has 0 bridgehead atoms. The summed E-state index contributed by atoms with van der Waals surface area (Å²) in [4.78, 5) is 27.6. The SMILES string of the molecule is C#CCN(CC1CC1)C(=O)N1CCCC(CC)(C(=O)O)C1. The molecule has 21 heavy (non-hydrogen) atoms. The third-order valence-corrected chi connectivity index (χ3v) is 4.71. The molecule has 2 aliphatic rings. The molecule has 1 saturated heterocycles. The number of amides is 2. The molecule has 2 amide bonds. The van der Waals surface area contributed by atoms with E-state index in [1.807, 2.05) is 6.92 Å². The first-order valence-electron chi connectivity index (χ1n) is 7.73. The molecule has 2 fully saturated rings. The van der Waals surface area contributed by atoms with Crippen molar-refractivity contribution in [2.24, 2.45) is 11.3 Å². The Morgan fingerprint density at radius 2 is 2.19 bits per heavy atom. The minimum Gasteiger partial charge on any atom is -0.481 e. The quantitative estimate of drug-likeness (QED) is 0.789. The number of likely N-dealkylation sites (tertiary alicyclic amines) is 1. The molecule has 1 atom stereocenters. The van der Waals surface area contributed by atoms with Crippen molar-refractivity contribution in [3.05, 3.63) is 0 Å². The molecule has 2 rings (SSSR count). The van der Waals surface area contributed by atoms with Crippen LogP contribution in [0.5, 0.6) is 0 Å². The Morgan fingerprint density at radius 3 is 2.71 bits per heavy atom. The van der Waals surface area contributed by atoms with Gasteiger partial charge in [0.05, 0.1) is 12.0 Å². The van der Waals surface area contributed by atoms with Gasteiger partial charge in [-0.2, -0.15) is 0 Å². The number of piperidine rings is 1. The molecule has 1 aliphatic carbocycles. The van der Waals surface area contributed by atoms with E-state index in [-0.39, 0.29) is 6.03 Å². The first kappa shape index (κ1) is 15.7. The van der Waals surface area contributed by atoms with Gasteiger partial charge >= 0.3 is 12.0 Å².